The molecule has 0 spiro atoms. The van der Waals surface area contributed by atoms with Crippen LogP contribution in [0, 0.1) is 0 Å². The predicted molar refractivity (Wildman–Crippen MR) is 126 cm³/mol. The number of hydrogen-bond donors (Lipinski definition) is 1. The van der Waals surface area contributed by atoms with Crippen molar-refractivity contribution in [2.24, 2.45) is 0 Å². The zero-order valence-electron chi connectivity index (χ0n) is 18.1. The van der Waals surface area contributed by atoms with Gasteiger partial charge in [-0.1, -0.05) is 42.5 Å². The Bertz CT molecular complexity index is 1260. The molecule has 4 rings (SSSR count). The van der Waals surface area contributed by atoms with Gasteiger partial charge in [-0.05, 0) is 48.9 Å². The molecule has 3 aromatic rings. The molecule has 3 aromatic carbocycles. The fourth-order valence-corrected chi connectivity index (χ4v) is 5.79. The number of amides is 2. The third-order valence-corrected chi connectivity index (χ3v) is 7.57. The van der Waals surface area contributed by atoms with E-state index in [9.17, 15) is 18.0 Å². The number of sulfone groups is 1. The number of carbonyl (C=O) groups is 2. The Kier molecular flexibility index (Phi) is 6.46. The Hall–Kier alpha value is -3.65. The monoisotopic (exact) mass is 464 g/mol. The minimum absolute atomic E-state index is 0.0403. The van der Waals surface area contributed by atoms with Crippen molar-refractivity contribution >= 4 is 33.0 Å². The van der Waals surface area contributed by atoms with Gasteiger partial charge in [0.1, 0.15) is 12.3 Å². The summed E-state index contributed by atoms with van der Waals surface area (Å²) in [5.41, 5.74) is 1.30. The maximum Gasteiger partial charge on any atom is 0.244 e. The highest BCUT2D eigenvalue weighted by Gasteiger charge is 2.39. The lowest BCUT2D eigenvalue weighted by Crippen LogP contribution is -2.38. The van der Waals surface area contributed by atoms with Crippen LogP contribution in [-0.2, 0) is 19.4 Å². The van der Waals surface area contributed by atoms with E-state index >= 15 is 0 Å². The van der Waals surface area contributed by atoms with Crippen LogP contribution in [0.25, 0.3) is 0 Å². The molecule has 0 fully saturated rings. The number of nitrogens with one attached hydrogen (secondary N) is 1. The normalized spacial score (nSPS) is 17.1. The van der Waals surface area contributed by atoms with E-state index in [4.69, 9.17) is 4.74 Å². The van der Waals surface area contributed by atoms with Gasteiger partial charge in [0, 0.05) is 12.1 Å². The van der Waals surface area contributed by atoms with Gasteiger partial charge in [-0.25, -0.2) is 8.42 Å². The fourth-order valence-electron chi connectivity index (χ4n) is 3.87. The first-order valence-electron chi connectivity index (χ1n) is 10.6. The molecule has 170 valence electrons. The third-order valence-electron chi connectivity index (χ3n) is 5.42. The van der Waals surface area contributed by atoms with E-state index in [1.165, 1.54) is 11.0 Å². The van der Waals surface area contributed by atoms with E-state index in [2.05, 4.69) is 5.32 Å². The number of carbonyl (C=O) groups excluding carboxylic acids is 2. The minimum Gasteiger partial charge on any atom is -0.494 e. The van der Waals surface area contributed by atoms with Crippen molar-refractivity contribution in [1.29, 1.82) is 0 Å². The lowest BCUT2D eigenvalue weighted by molar-refractivity contribution is -0.121. The third kappa shape index (κ3) is 4.75. The maximum atomic E-state index is 13.5. The molecule has 0 saturated heterocycles. The van der Waals surface area contributed by atoms with Crippen molar-refractivity contribution in [2.75, 3.05) is 23.4 Å². The van der Waals surface area contributed by atoms with Crippen LogP contribution < -0.4 is 15.0 Å². The van der Waals surface area contributed by atoms with Crippen LogP contribution in [0.3, 0.4) is 0 Å². The molecule has 1 unspecified atom stereocenters. The molecular weight excluding hydrogens is 440 g/mol. The molecule has 0 aliphatic carbocycles. The SMILES string of the molecule is CCOc1ccc(NC(=O)CN2C(=O)CC(c3ccccc3)S(=O)(=O)c3ccccc32)cc1. The molecule has 7 nitrogen and oxygen atoms in total. The maximum absolute atomic E-state index is 13.5. The average Bonchev–Trinajstić information content (AvgIpc) is 2.90. The van der Waals surface area contributed by atoms with Gasteiger partial charge in [0.2, 0.25) is 11.8 Å². The van der Waals surface area contributed by atoms with Gasteiger partial charge in [0.05, 0.1) is 22.4 Å². The van der Waals surface area contributed by atoms with E-state index in [-0.39, 0.29) is 23.5 Å². The molecule has 1 atom stereocenters. The Morgan fingerprint density at radius 1 is 1.00 bits per heavy atom. The fraction of sp³-hybridized carbons (Fsp3) is 0.200. The van der Waals surface area contributed by atoms with Crippen molar-refractivity contribution in [3.05, 3.63) is 84.4 Å². The number of ether oxygens (including phenoxy) is 1. The van der Waals surface area contributed by atoms with Gasteiger partial charge in [0.25, 0.3) is 0 Å². The molecule has 1 aliphatic heterocycles. The lowest BCUT2D eigenvalue weighted by Gasteiger charge is -2.22. The number of para-hydroxylation sites is 1. The van der Waals surface area contributed by atoms with Crippen LogP contribution in [0.15, 0.2) is 83.8 Å². The smallest absolute Gasteiger partial charge is 0.244 e. The second-order valence-corrected chi connectivity index (χ2v) is 9.70. The van der Waals surface area contributed by atoms with E-state index in [1.54, 1.807) is 72.8 Å². The summed E-state index contributed by atoms with van der Waals surface area (Å²) in [5.74, 6) is -0.179. The van der Waals surface area contributed by atoms with Gasteiger partial charge in [-0.3, -0.25) is 9.59 Å². The Labute approximate surface area is 192 Å². The van der Waals surface area contributed by atoms with Gasteiger partial charge in [0.15, 0.2) is 9.84 Å². The van der Waals surface area contributed by atoms with E-state index < -0.39 is 26.9 Å². The van der Waals surface area contributed by atoms with Crippen LogP contribution in [-0.4, -0.2) is 33.4 Å². The van der Waals surface area contributed by atoms with Crippen molar-refractivity contribution in [1.82, 2.24) is 0 Å². The number of hydrogen-bond acceptors (Lipinski definition) is 5. The van der Waals surface area contributed by atoms with Crippen LogP contribution in [0.2, 0.25) is 0 Å². The van der Waals surface area contributed by atoms with Crippen LogP contribution in [0.1, 0.15) is 24.2 Å². The van der Waals surface area contributed by atoms with Gasteiger partial charge in [-0.15, -0.1) is 0 Å². The van der Waals surface area contributed by atoms with Gasteiger partial charge in [-0.2, -0.15) is 0 Å². The summed E-state index contributed by atoms with van der Waals surface area (Å²) >= 11 is 0. The first-order valence-corrected chi connectivity index (χ1v) is 12.2. The quantitative estimate of drug-likeness (QED) is 0.596. The number of anilines is 2. The van der Waals surface area contributed by atoms with Crippen molar-refractivity contribution in [3.63, 3.8) is 0 Å². The average molecular weight is 465 g/mol. The van der Waals surface area contributed by atoms with Gasteiger partial charge < -0.3 is 15.0 Å². The molecule has 2 amide bonds. The van der Waals surface area contributed by atoms with Gasteiger partial charge >= 0.3 is 0 Å². The summed E-state index contributed by atoms with van der Waals surface area (Å²) in [4.78, 5) is 27.3. The van der Waals surface area contributed by atoms with Crippen LogP contribution in [0.4, 0.5) is 11.4 Å². The molecule has 1 aliphatic rings. The molecule has 0 aromatic heterocycles. The van der Waals surface area contributed by atoms with E-state index in [1.807, 2.05) is 6.92 Å². The molecule has 0 radical (unpaired) electrons. The second kappa shape index (κ2) is 9.46. The lowest BCUT2D eigenvalue weighted by atomic mass is 10.1. The first kappa shape index (κ1) is 22.5. The summed E-state index contributed by atoms with van der Waals surface area (Å²) in [6.45, 7) is 2.11. The summed E-state index contributed by atoms with van der Waals surface area (Å²) in [5, 5.41) is 1.73. The largest absolute Gasteiger partial charge is 0.494 e. The van der Waals surface area contributed by atoms with E-state index in [0.717, 1.165) is 0 Å². The highest BCUT2D eigenvalue weighted by molar-refractivity contribution is 7.92. The molecule has 1 heterocycles. The molecule has 0 bridgehead atoms. The standard InChI is InChI=1S/C25H24N2O5S/c1-2-32-20-14-12-19(13-15-20)26-24(28)17-27-21-10-6-7-11-22(21)33(30,31)23(16-25(27)29)18-8-4-3-5-9-18/h3-15,23H,2,16-17H2,1H3,(H,26,28). The summed E-state index contributed by atoms with van der Waals surface area (Å²) < 4.78 is 32.4. The van der Waals surface area contributed by atoms with Crippen molar-refractivity contribution in [2.45, 2.75) is 23.5 Å². The Morgan fingerprint density at radius 3 is 2.36 bits per heavy atom. The zero-order valence-corrected chi connectivity index (χ0v) is 18.9. The zero-order chi connectivity index (χ0) is 23.4. The highest BCUT2D eigenvalue weighted by atomic mass is 32.2. The summed E-state index contributed by atoms with van der Waals surface area (Å²) in [7, 11) is -3.85. The van der Waals surface area contributed by atoms with Crippen LogP contribution in [0.5, 0.6) is 5.75 Å². The molecular formula is C25H24N2O5S. The highest BCUT2D eigenvalue weighted by Crippen LogP contribution is 2.40. The summed E-state index contributed by atoms with van der Waals surface area (Å²) in [6, 6.07) is 21.9. The molecule has 1 N–H and O–H groups in total. The summed E-state index contributed by atoms with van der Waals surface area (Å²) in [6.07, 6.45) is -0.253. The molecule has 0 saturated carbocycles. The Morgan fingerprint density at radius 2 is 1.67 bits per heavy atom. The second-order valence-electron chi connectivity index (χ2n) is 7.60. The number of rotatable bonds is 6. The molecule has 8 heteroatoms. The molecule has 33 heavy (non-hydrogen) atoms. The number of benzene rings is 3. The predicted octanol–water partition coefficient (Wildman–Crippen LogP) is 3.98. The Balaban J connectivity index is 1.62. The minimum atomic E-state index is -3.85. The van der Waals surface area contributed by atoms with Crippen LogP contribution >= 0.6 is 0 Å². The topological polar surface area (TPSA) is 92.8 Å². The number of nitrogens with zero attached hydrogens (tertiary/aromatic N) is 1. The van der Waals surface area contributed by atoms with Crippen molar-refractivity contribution in [3.8, 4) is 5.75 Å². The van der Waals surface area contributed by atoms with E-state index in [0.29, 0.717) is 23.6 Å². The number of fused-ring (bicyclic) bond motifs is 1. The van der Waals surface area contributed by atoms with Crippen molar-refractivity contribution < 1.29 is 22.7 Å². The first-order chi connectivity index (χ1) is 15.9.